The van der Waals surface area contributed by atoms with Gasteiger partial charge in [0.05, 0.1) is 4.92 Å². The fraction of sp³-hybridized carbons (Fsp3) is 0.500. The molecule has 0 amide bonds. The summed E-state index contributed by atoms with van der Waals surface area (Å²) in [6.07, 6.45) is 2.28. The molecule has 0 saturated carbocycles. The number of nitro groups is 1. The van der Waals surface area contributed by atoms with Crippen LogP contribution in [0.3, 0.4) is 0 Å². The molecule has 98 valence electrons. The number of hydrogen-bond donors (Lipinski definition) is 2. The Bertz CT molecular complexity index is 444. The van der Waals surface area contributed by atoms with Gasteiger partial charge < -0.3 is 16.0 Å². The van der Waals surface area contributed by atoms with E-state index in [-0.39, 0.29) is 11.4 Å². The average Bonchev–Trinajstić information content (AvgIpc) is 2.38. The third-order valence-electron chi connectivity index (χ3n) is 3.43. The van der Waals surface area contributed by atoms with Crippen LogP contribution in [0.5, 0.6) is 0 Å². The maximum atomic E-state index is 10.7. The van der Waals surface area contributed by atoms with Gasteiger partial charge in [0.1, 0.15) is 5.69 Å². The van der Waals surface area contributed by atoms with Crippen LogP contribution in [0.25, 0.3) is 0 Å². The molecule has 0 aromatic heterocycles. The van der Waals surface area contributed by atoms with Crippen LogP contribution < -0.4 is 16.0 Å². The number of nitrogens with zero attached hydrogens (tertiary/aromatic N) is 2. The minimum absolute atomic E-state index is 0.0334. The van der Waals surface area contributed by atoms with Crippen LogP contribution in [-0.4, -0.2) is 31.1 Å². The van der Waals surface area contributed by atoms with E-state index >= 15 is 0 Å². The highest BCUT2D eigenvalue weighted by Crippen LogP contribution is 2.28. The minimum Gasteiger partial charge on any atom is -0.393 e. The molecule has 1 unspecified atom stereocenters. The summed E-state index contributed by atoms with van der Waals surface area (Å²) >= 11 is 0. The van der Waals surface area contributed by atoms with E-state index in [1.165, 1.54) is 6.07 Å². The van der Waals surface area contributed by atoms with Gasteiger partial charge in [0.25, 0.3) is 5.69 Å². The highest BCUT2D eigenvalue weighted by atomic mass is 16.6. The Hall–Kier alpha value is -1.82. The topological polar surface area (TPSA) is 84.4 Å². The summed E-state index contributed by atoms with van der Waals surface area (Å²) in [5.41, 5.74) is 6.81. The summed E-state index contributed by atoms with van der Waals surface area (Å²) < 4.78 is 0. The van der Waals surface area contributed by atoms with E-state index in [0.29, 0.717) is 6.04 Å². The highest BCUT2D eigenvalue weighted by Gasteiger charge is 2.20. The maximum Gasteiger partial charge on any atom is 0.292 e. The van der Waals surface area contributed by atoms with Gasteiger partial charge in [-0.15, -0.1) is 0 Å². The first kappa shape index (κ1) is 12.6. The van der Waals surface area contributed by atoms with Crippen LogP contribution >= 0.6 is 0 Å². The van der Waals surface area contributed by atoms with Crippen LogP contribution in [0.1, 0.15) is 12.8 Å². The van der Waals surface area contributed by atoms with Crippen molar-refractivity contribution in [2.45, 2.75) is 18.9 Å². The maximum absolute atomic E-state index is 10.7. The van der Waals surface area contributed by atoms with Crippen LogP contribution in [-0.2, 0) is 0 Å². The second-order valence-electron chi connectivity index (χ2n) is 4.61. The molecule has 1 fully saturated rings. The molecule has 3 N–H and O–H groups in total. The summed E-state index contributed by atoms with van der Waals surface area (Å²) in [6.45, 7) is 2.00. The molecule has 1 aliphatic heterocycles. The van der Waals surface area contributed by atoms with Crippen molar-refractivity contribution in [3.63, 3.8) is 0 Å². The van der Waals surface area contributed by atoms with Gasteiger partial charge in [0.2, 0.25) is 0 Å². The van der Waals surface area contributed by atoms with Gasteiger partial charge in [-0.1, -0.05) is 0 Å². The first-order chi connectivity index (χ1) is 8.59. The van der Waals surface area contributed by atoms with Crippen molar-refractivity contribution in [1.29, 1.82) is 0 Å². The van der Waals surface area contributed by atoms with Gasteiger partial charge in [-0.05, 0) is 31.5 Å². The summed E-state index contributed by atoms with van der Waals surface area (Å²) in [5.74, 6) is 0. The van der Waals surface area contributed by atoms with Crippen molar-refractivity contribution in [1.82, 2.24) is 5.32 Å². The average molecular weight is 250 g/mol. The van der Waals surface area contributed by atoms with Crippen molar-refractivity contribution >= 4 is 17.1 Å². The molecular formula is C12H18N4O2. The molecule has 18 heavy (non-hydrogen) atoms. The van der Waals surface area contributed by atoms with E-state index in [1.54, 1.807) is 12.1 Å². The van der Waals surface area contributed by atoms with Crippen LogP contribution in [0, 0.1) is 10.1 Å². The first-order valence-electron chi connectivity index (χ1n) is 6.07. The lowest BCUT2D eigenvalue weighted by atomic mass is 10.1. The summed E-state index contributed by atoms with van der Waals surface area (Å²) in [6, 6.07) is 5.31. The SMILES string of the molecule is CN(c1ccc([N+](=O)[O-])c(N)c1)C1CCCNC1. The number of likely N-dealkylation sites (N-methyl/N-ethyl adjacent to an activating group) is 1. The Balaban J connectivity index is 2.17. The lowest BCUT2D eigenvalue weighted by Gasteiger charge is -2.33. The van der Waals surface area contributed by atoms with Gasteiger partial charge in [0, 0.05) is 31.4 Å². The molecule has 1 heterocycles. The fourth-order valence-electron chi connectivity index (χ4n) is 2.30. The quantitative estimate of drug-likeness (QED) is 0.481. The predicted molar refractivity (Wildman–Crippen MR) is 71.8 cm³/mol. The van der Waals surface area contributed by atoms with Crippen LogP contribution in [0.2, 0.25) is 0 Å². The Morgan fingerprint density at radius 2 is 2.33 bits per heavy atom. The highest BCUT2D eigenvalue weighted by molar-refractivity contribution is 5.66. The van der Waals surface area contributed by atoms with Crippen molar-refractivity contribution < 1.29 is 4.92 Å². The molecule has 1 saturated heterocycles. The smallest absolute Gasteiger partial charge is 0.292 e. The summed E-state index contributed by atoms with van der Waals surface area (Å²) in [4.78, 5) is 12.4. The minimum atomic E-state index is -0.457. The van der Waals surface area contributed by atoms with Gasteiger partial charge in [-0.3, -0.25) is 10.1 Å². The standard InChI is InChI=1S/C12H18N4O2/c1-15(10-3-2-6-14-8-10)9-4-5-12(16(17)18)11(13)7-9/h4-5,7,10,14H,2-3,6,8,13H2,1H3. The number of nitrogens with two attached hydrogens (primary N) is 1. The molecule has 1 aromatic carbocycles. The second kappa shape index (κ2) is 5.22. The van der Waals surface area contributed by atoms with Gasteiger partial charge in [-0.25, -0.2) is 0 Å². The van der Waals surface area contributed by atoms with Gasteiger partial charge >= 0.3 is 0 Å². The van der Waals surface area contributed by atoms with Crippen LogP contribution in [0.4, 0.5) is 17.1 Å². The number of rotatable bonds is 3. The Morgan fingerprint density at radius 3 is 2.89 bits per heavy atom. The lowest BCUT2D eigenvalue weighted by molar-refractivity contribution is -0.383. The lowest BCUT2D eigenvalue weighted by Crippen LogP contribution is -2.44. The Morgan fingerprint density at radius 1 is 1.56 bits per heavy atom. The van der Waals surface area contributed by atoms with Crippen LogP contribution in [0.15, 0.2) is 18.2 Å². The number of nitrogens with one attached hydrogen (secondary N) is 1. The Kier molecular flexibility index (Phi) is 3.66. The zero-order valence-corrected chi connectivity index (χ0v) is 10.4. The Labute approximate surface area is 106 Å². The van der Waals surface area contributed by atoms with E-state index < -0.39 is 4.92 Å². The number of piperidine rings is 1. The first-order valence-corrected chi connectivity index (χ1v) is 6.07. The third kappa shape index (κ3) is 2.53. The molecule has 6 nitrogen and oxygen atoms in total. The van der Waals surface area contributed by atoms with Crippen molar-refractivity contribution in [2.75, 3.05) is 30.8 Å². The van der Waals surface area contributed by atoms with E-state index in [9.17, 15) is 10.1 Å². The fourth-order valence-corrected chi connectivity index (χ4v) is 2.30. The third-order valence-corrected chi connectivity index (χ3v) is 3.43. The number of benzene rings is 1. The van der Waals surface area contributed by atoms with Crippen molar-refractivity contribution in [3.8, 4) is 0 Å². The summed E-state index contributed by atoms with van der Waals surface area (Å²) in [7, 11) is 2.00. The number of nitrogen functional groups attached to an aromatic ring is 1. The summed E-state index contributed by atoms with van der Waals surface area (Å²) in [5, 5.41) is 14.1. The zero-order valence-electron chi connectivity index (χ0n) is 10.4. The molecular weight excluding hydrogens is 232 g/mol. The molecule has 6 heteroatoms. The van der Waals surface area contributed by atoms with E-state index in [1.807, 2.05) is 7.05 Å². The molecule has 2 rings (SSSR count). The van der Waals surface area contributed by atoms with E-state index in [2.05, 4.69) is 10.2 Å². The second-order valence-corrected chi connectivity index (χ2v) is 4.61. The molecule has 1 aromatic rings. The number of nitro benzene ring substituents is 1. The van der Waals surface area contributed by atoms with Crippen molar-refractivity contribution in [3.05, 3.63) is 28.3 Å². The van der Waals surface area contributed by atoms with E-state index in [4.69, 9.17) is 5.73 Å². The molecule has 0 bridgehead atoms. The zero-order chi connectivity index (χ0) is 13.1. The van der Waals surface area contributed by atoms with Crippen molar-refractivity contribution in [2.24, 2.45) is 0 Å². The predicted octanol–water partition coefficient (Wildman–Crippen LogP) is 1.37. The largest absolute Gasteiger partial charge is 0.393 e. The van der Waals surface area contributed by atoms with E-state index in [0.717, 1.165) is 31.6 Å². The van der Waals surface area contributed by atoms with Gasteiger partial charge in [0.15, 0.2) is 0 Å². The number of anilines is 2. The number of hydrogen-bond acceptors (Lipinski definition) is 5. The monoisotopic (exact) mass is 250 g/mol. The molecule has 0 aliphatic carbocycles. The molecule has 0 radical (unpaired) electrons. The molecule has 1 aliphatic rings. The normalized spacial score (nSPS) is 19.5. The molecule has 0 spiro atoms. The van der Waals surface area contributed by atoms with Gasteiger partial charge in [-0.2, -0.15) is 0 Å². The molecule has 1 atom stereocenters.